The third-order valence-corrected chi connectivity index (χ3v) is 6.51. The van der Waals surface area contributed by atoms with Gasteiger partial charge in [0.05, 0.1) is 12.7 Å². The van der Waals surface area contributed by atoms with Gasteiger partial charge in [-0.1, -0.05) is 68.9 Å². The molecule has 0 amide bonds. The summed E-state index contributed by atoms with van der Waals surface area (Å²) in [6.45, 7) is 7.80. The lowest BCUT2D eigenvalue weighted by Gasteiger charge is -2.26. The minimum absolute atomic E-state index is 0.0919. The normalized spacial score (nSPS) is 22.0. The van der Waals surface area contributed by atoms with Crippen LogP contribution < -0.4 is 9.47 Å². The molecule has 0 aliphatic carbocycles. The standard InChI is InChI=1S/C30H42O4/c1-4-5-6-7-8-9-10-11-12-19-27-29(32-25-17-13-15-23(2)20-25)30(28(22-31)34-27)33-26-18-14-16-24(3)21-26/h4,13-18,20-21,27-31H,1,5-12,19,22H2,2-3H3/t27-,28+,29+,30+/m0/s1. The van der Waals surface area contributed by atoms with Gasteiger partial charge in [-0.05, 0) is 68.5 Å². The molecule has 1 N–H and O–H groups in total. The molecule has 3 rings (SSSR count). The van der Waals surface area contributed by atoms with Crippen LogP contribution in [0, 0.1) is 13.8 Å². The highest BCUT2D eigenvalue weighted by atomic mass is 16.6. The largest absolute Gasteiger partial charge is 0.484 e. The van der Waals surface area contributed by atoms with Gasteiger partial charge in [0.25, 0.3) is 0 Å². The van der Waals surface area contributed by atoms with Crippen molar-refractivity contribution in [3.63, 3.8) is 0 Å². The van der Waals surface area contributed by atoms with E-state index in [1.165, 1.54) is 38.5 Å². The number of aliphatic hydroxyl groups excluding tert-OH is 1. The summed E-state index contributed by atoms with van der Waals surface area (Å²) in [5, 5.41) is 10.1. The Hall–Kier alpha value is -2.30. The summed E-state index contributed by atoms with van der Waals surface area (Å²) < 4.78 is 19.2. The average molecular weight is 467 g/mol. The predicted octanol–water partition coefficient (Wildman–Crippen LogP) is 6.96. The van der Waals surface area contributed by atoms with Gasteiger partial charge in [0.1, 0.15) is 17.6 Å². The van der Waals surface area contributed by atoms with Crippen LogP contribution in [0.2, 0.25) is 0 Å². The number of rotatable bonds is 15. The van der Waals surface area contributed by atoms with Crippen LogP contribution in [0.1, 0.15) is 68.9 Å². The molecule has 2 aromatic rings. The zero-order valence-corrected chi connectivity index (χ0v) is 21.0. The topological polar surface area (TPSA) is 47.9 Å². The quantitative estimate of drug-likeness (QED) is 0.228. The lowest BCUT2D eigenvalue weighted by Crippen LogP contribution is -2.43. The second-order valence-electron chi connectivity index (χ2n) is 9.53. The van der Waals surface area contributed by atoms with Crippen LogP contribution in [0.5, 0.6) is 11.5 Å². The van der Waals surface area contributed by atoms with E-state index in [1.54, 1.807) is 0 Å². The van der Waals surface area contributed by atoms with Gasteiger partial charge in [-0.2, -0.15) is 0 Å². The van der Waals surface area contributed by atoms with Gasteiger partial charge in [-0.25, -0.2) is 0 Å². The molecule has 0 aromatic heterocycles. The fraction of sp³-hybridized carbons (Fsp3) is 0.533. The Morgan fingerprint density at radius 3 is 1.85 bits per heavy atom. The van der Waals surface area contributed by atoms with Crippen molar-refractivity contribution in [3.8, 4) is 11.5 Å². The van der Waals surface area contributed by atoms with Crippen LogP contribution in [0.15, 0.2) is 61.2 Å². The second-order valence-corrected chi connectivity index (χ2v) is 9.53. The molecule has 0 unspecified atom stereocenters. The molecule has 4 atom stereocenters. The van der Waals surface area contributed by atoms with Gasteiger partial charge in [0.15, 0.2) is 12.2 Å². The van der Waals surface area contributed by atoms with Crippen molar-refractivity contribution in [1.82, 2.24) is 0 Å². The molecule has 2 aromatic carbocycles. The molecule has 1 saturated heterocycles. The monoisotopic (exact) mass is 466 g/mol. The van der Waals surface area contributed by atoms with Gasteiger partial charge in [-0.3, -0.25) is 0 Å². The summed E-state index contributed by atoms with van der Waals surface area (Å²) >= 11 is 0. The fourth-order valence-corrected chi connectivity index (χ4v) is 4.68. The molecule has 0 bridgehead atoms. The molecule has 4 nitrogen and oxygen atoms in total. The third-order valence-electron chi connectivity index (χ3n) is 6.51. The van der Waals surface area contributed by atoms with E-state index in [2.05, 4.69) is 19.6 Å². The molecule has 1 aliphatic heterocycles. The van der Waals surface area contributed by atoms with Crippen molar-refractivity contribution in [1.29, 1.82) is 0 Å². The van der Waals surface area contributed by atoms with E-state index in [9.17, 15) is 5.11 Å². The van der Waals surface area contributed by atoms with E-state index in [4.69, 9.17) is 14.2 Å². The van der Waals surface area contributed by atoms with Crippen molar-refractivity contribution in [2.75, 3.05) is 6.61 Å². The summed E-state index contributed by atoms with van der Waals surface area (Å²) in [6.07, 6.45) is 11.5. The molecule has 0 spiro atoms. The van der Waals surface area contributed by atoms with Gasteiger partial charge < -0.3 is 19.3 Å². The fourth-order valence-electron chi connectivity index (χ4n) is 4.68. The third kappa shape index (κ3) is 8.18. The van der Waals surface area contributed by atoms with Crippen LogP contribution in [-0.2, 0) is 4.74 Å². The molecule has 186 valence electrons. The number of unbranched alkanes of at least 4 members (excludes halogenated alkanes) is 7. The summed E-state index contributed by atoms with van der Waals surface area (Å²) in [4.78, 5) is 0. The molecule has 1 aliphatic rings. The highest BCUT2D eigenvalue weighted by Gasteiger charge is 2.47. The molecule has 0 radical (unpaired) electrons. The highest BCUT2D eigenvalue weighted by molar-refractivity contribution is 5.29. The minimum atomic E-state index is -0.412. The van der Waals surface area contributed by atoms with Gasteiger partial charge in [0, 0.05) is 0 Å². The SMILES string of the molecule is C=CCCCCCCCCC[C@@H]1O[C@H](CO)[C@@H](Oc2cccc(C)c2)[C@@H]1Oc1cccc(C)c1. The number of aliphatic hydroxyl groups is 1. The van der Waals surface area contributed by atoms with Crippen LogP contribution >= 0.6 is 0 Å². The first kappa shape index (κ1) is 26.3. The van der Waals surface area contributed by atoms with Crippen molar-refractivity contribution >= 4 is 0 Å². The van der Waals surface area contributed by atoms with Crippen LogP contribution in [0.4, 0.5) is 0 Å². The van der Waals surface area contributed by atoms with E-state index < -0.39 is 6.10 Å². The maximum Gasteiger partial charge on any atom is 0.166 e. The number of aryl methyl sites for hydroxylation is 2. The van der Waals surface area contributed by atoms with Gasteiger partial charge in [-0.15, -0.1) is 6.58 Å². The Morgan fingerprint density at radius 1 is 0.794 bits per heavy atom. The highest BCUT2D eigenvalue weighted by Crippen LogP contribution is 2.32. The number of ether oxygens (including phenoxy) is 3. The van der Waals surface area contributed by atoms with Crippen LogP contribution in [0.25, 0.3) is 0 Å². The van der Waals surface area contributed by atoms with Crippen LogP contribution in [0.3, 0.4) is 0 Å². The van der Waals surface area contributed by atoms with Crippen molar-refractivity contribution < 1.29 is 19.3 Å². The number of benzene rings is 2. The molecule has 4 heteroatoms. The molecule has 0 saturated carbocycles. The van der Waals surface area contributed by atoms with Crippen molar-refractivity contribution in [2.45, 2.75) is 96.1 Å². The number of hydrogen-bond donors (Lipinski definition) is 1. The first-order valence-electron chi connectivity index (χ1n) is 12.9. The lowest BCUT2D eigenvalue weighted by molar-refractivity contribution is -0.0203. The first-order valence-corrected chi connectivity index (χ1v) is 12.9. The van der Waals surface area contributed by atoms with Crippen molar-refractivity contribution in [3.05, 3.63) is 72.3 Å². The molecule has 34 heavy (non-hydrogen) atoms. The Kier molecular flexibility index (Phi) is 11.0. The van der Waals surface area contributed by atoms with E-state index >= 15 is 0 Å². The van der Waals surface area contributed by atoms with Crippen molar-refractivity contribution in [2.24, 2.45) is 0 Å². The van der Waals surface area contributed by atoms with E-state index in [-0.39, 0.29) is 24.9 Å². The lowest BCUT2D eigenvalue weighted by atomic mass is 10.0. The second kappa shape index (κ2) is 14.2. The van der Waals surface area contributed by atoms with Gasteiger partial charge >= 0.3 is 0 Å². The number of hydrogen-bond acceptors (Lipinski definition) is 4. The zero-order chi connectivity index (χ0) is 24.2. The molecule has 1 heterocycles. The number of allylic oxidation sites excluding steroid dienone is 1. The summed E-state index contributed by atoms with van der Waals surface area (Å²) in [5.41, 5.74) is 2.28. The maximum atomic E-state index is 10.1. The molecule has 1 fully saturated rings. The van der Waals surface area contributed by atoms with E-state index in [0.717, 1.165) is 41.9 Å². The Balaban J connectivity index is 1.61. The Morgan fingerprint density at radius 2 is 1.32 bits per heavy atom. The summed E-state index contributed by atoms with van der Waals surface area (Å²) in [6, 6.07) is 16.1. The first-order chi connectivity index (χ1) is 16.6. The summed E-state index contributed by atoms with van der Waals surface area (Å²) in [7, 11) is 0. The summed E-state index contributed by atoms with van der Waals surface area (Å²) in [5.74, 6) is 1.59. The van der Waals surface area contributed by atoms with Gasteiger partial charge in [0.2, 0.25) is 0 Å². The minimum Gasteiger partial charge on any atom is -0.484 e. The Labute approximate surface area is 205 Å². The zero-order valence-electron chi connectivity index (χ0n) is 21.0. The smallest absolute Gasteiger partial charge is 0.166 e. The predicted molar refractivity (Wildman–Crippen MR) is 139 cm³/mol. The van der Waals surface area contributed by atoms with Crippen LogP contribution in [-0.4, -0.2) is 36.1 Å². The molecular weight excluding hydrogens is 424 g/mol. The maximum absolute atomic E-state index is 10.1. The molecular formula is C30H42O4. The van der Waals surface area contributed by atoms with E-state index in [0.29, 0.717) is 0 Å². The Bertz CT molecular complexity index is 864. The van der Waals surface area contributed by atoms with E-state index in [1.807, 2.05) is 55.5 Å². The average Bonchev–Trinajstić information content (AvgIpc) is 3.14.